The van der Waals surface area contributed by atoms with Crippen LogP contribution in [0.25, 0.3) is 10.9 Å². The summed E-state index contributed by atoms with van der Waals surface area (Å²) in [6, 6.07) is 13.3. The van der Waals surface area contributed by atoms with Crippen LogP contribution >= 0.6 is 0 Å². The van der Waals surface area contributed by atoms with Crippen LogP contribution in [0.1, 0.15) is 56.5 Å². The van der Waals surface area contributed by atoms with E-state index in [2.05, 4.69) is 38.0 Å². The topological polar surface area (TPSA) is 64.0 Å². The molecule has 1 amide bonds. The lowest BCUT2D eigenvalue weighted by atomic mass is 9.92. The van der Waals surface area contributed by atoms with Gasteiger partial charge in [0.1, 0.15) is 12.4 Å². The SMILES string of the molecule is Cc1nc2ccccc2c(=O)n1CC(=O)Nc1c(C(C)C)cccc1C(C)C. The van der Waals surface area contributed by atoms with Gasteiger partial charge in [-0.1, -0.05) is 58.0 Å². The highest BCUT2D eigenvalue weighted by Crippen LogP contribution is 2.32. The van der Waals surface area contributed by atoms with E-state index in [0.717, 1.165) is 16.8 Å². The van der Waals surface area contributed by atoms with Crippen LogP contribution in [0, 0.1) is 6.92 Å². The molecule has 28 heavy (non-hydrogen) atoms. The Bertz CT molecular complexity index is 1050. The van der Waals surface area contributed by atoms with E-state index in [4.69, 9.17) is 0 Å². The zero-order chi connectivity index (χ0) is 20.4. The van der Waals surface area contributed by atoms with Crippen LogP contribution < -0.4 is 10.9 Å². The number of hydrogen-bond acceptors (Lipinski definition) is 3. The number of nitrogens with zero attached hydrogens (tertiary/aromatic N) is 2. The Morgan fingerprint density at radius 2 is 1.61 bits per heavy atom. The van der Waals surface area contributed by atoms with Gasteiger partial charge in [0.05, 0.1) is 10.9 Å². The first kappa shape index (κ1) is 19.8. The van der Waals surface area contributed by atoms with E-state index in [1.54, 1.807) is 19.1 Å². The van der Waals surface area contributed by atoms with E-state index in [9.17, 15) is 9.59 Å². The normalized spacial score (nSPS) is 11.4. The number of aromatic nitrogens is 2. The fraction of sp³-hybridized carbons (Fsp3) is 0.348. The molecule has 1 heterocycles. The number of aryl methyl sites for hydroxylation is 1. The number of nitrogens with one attached hydrogen (secondary N) is 1. The number of hydrogen-bond donors (Lipinski definition) is 1. The van der Waals surface area contributed by atoms with Crippen molar-refractivity contribution in [3.8, 4) is 0 Å². The van der Waals surface area contributed by atoms with Gasteiger partial charge in [-0.2, -0.15) is 0 Å². The molecule has 0 bridgehead atoms. The second kappa shape index (κ2) is 7.97. The van der Waals surface area contributed by atoms with Crippen molar-refractivity contribution in [1.29, 1.82) is 0 Å². The smallest absolute Gasteiger partial charge is 0.261 e. The van der Waals surface area contributed by atoms with E-state index >= 15 is 0 Å². The van der Waals surface area contributed by atoms with Gasteiger partial charge in [-0.15, -0.1) is 0 Å². The van der Waals surface area contributed by atoms with E-state index in [0.29, 0.717) is 16.7 Å². The van der Waals surface area contributed by atoms with Crippen LogP contribution in [0.5, 0.6) is 0 Å². The Morgan fingerprint density at radius 3 is 2.21 bits per heavy atom. The summed E-state index contributed by atoms with van der Waals surface area (Å²) in [7, 11) is 0. The highest BCUT2D eigenvalue weighted by atomic mass is 16.2. The van der Waals surface area contributed by atoms with Gasteiger partial charge in [0, 0.05) is 5.69 Å². The van der Waals surface area contributed by atoms with Gasteiger partial charge >= 0.3 is 0 Å². The summed E-state index contributed by atoms with van der Waals surface area (Å²) in [5.74, 6) is 0.860. The van der Waals surface area contributed by atoms with Gasteiger partial charge in [-0.05, 0) is 42.0 Å². The number of para-hydroxylation sites is 2. The molecule has 146 valence electrons. The summed E-state index contributed by atoms with van der Waals surface area (Å²) < 4.78 is 1.44. The molecule has 0 aliphatic rings. The zero-order valence-electron chi connectivity index (χ0n) is 17.1. The molecule has 0 radical (unpaired) electrons. The molecule has 2 aromatic carbocycles. The van der Waals surface area contributed by atoms with E-state index in [1.165, 1.54) is 4.57 Å². The molecule has 0 atom stereocenters. The highest BCUT2D eigenvalue weighted by Gasteiger charge is 2.17. The second-order valence-corrected chi connectivity index (χ2v) is 7.74. The highest BCUT2D eigenvalue weighted by molar-refractivity contribution is 5.92. The van der Waals surface area contributed by atoms with Crippen LogP contribution in [0.15, 0.2) is 47.3 Å². The van der Waals surface area contributed by atoms with E-state index in [-0.39, 0.29) is 29.8 Å². The molecule has 0 spiro atoms. The molecule has 3 rings (SSSR count). The first-order valence-corrected chi connectivity index (χ1v) is 9.68. The average molecular weight is 377 g/mol. The number of anilines is 1. The summed E-state index contributed by atoms with van der Waals surface area (Å²) in [6.45, 7) is 10.1. The number of rotatable bonds is 5. The Morgan fingerprint density at radius 1 is 1.00 bits per heavy atom. The van der Waals surface area contributed by atoms with E-state index in [1.807, 2.05) is 30.3 Å². The van der Waals surface area contributed by atoms with Crippen LogP contribution in [0.3, 0.4) is 0 Å². The third-order valence-electron chi connectivity index (χ3n) is 4.99. The predicted octanol–water partition coefficient (Wildman–Crippen LogP) is 4.59. The second-order valence-electron chi connectivity index (χ2n) is 7.74. The third-order valence-corrected chi connectivity index (χ3v) is 4.99. The predicted molar refractivity (Wildman–Crippen MR) is 114 cm³/mol. The minimum Gasteiger partial charge on any atom is -0.324 e. The van der Waals surface area contributed by atoms with Gasteiger partial charge in [0.25, 0.3) is 5.56 Å². The number of benzene rings is 2. The summed E-state index contributed by atoms with van der Waals surface area (Å²) in [5, 5.41) is 3.59. The molecular weight excluding hydrogens is 350 g/mol. The van der Waals surface area contributed by atoms with Crippen LogP contribution in [0.2, 0.25) is 0 Å². The van der Waals surface area contributed by atoms with Gasteiger partial charge in [-0.25, -0.2) is 4.98 Å². The maximum Gasteiger partial charge on any atom is 0.261 e. The maximum absolute atomic E-state index is 12.9. The van der Waals surface area contributed by atoms with Crippen molar-refractivity contribution in [2.24, 2.45) is 0 Å². The van der Waals surface area contributed by atoms with E-state index < -0.39 is 0 Å². The van der Waals surface area contributed by atoms with Crippen molar-refractivity contribution in [2.75, 3.05) is 5.32 Å². The fourth-order valence-electron chi connectivity index (χ4n) is 3.48. The fourth-order valence-corrected chi connectivity index (χ4v) is 3.48. The first-order valence-electron chi connectivity index (χ1n) is 9.68. The molecule has 5 nitrogen and oxygen atoms in total. The summed E-state index contributed by atoms with van der Waals surface area (Å²) in [6.07, 6.45) is 0. The lowest BCUT2D eigenvalue weighted by molar-refractivity contribution is -0.116. The van der Waals surface area contributed by atoms with Crippen molar-refractivity contribution < 1.29 is 4.79 Å². The number of fused-ring (bicyclic) bond motifs is 1. The van der Waals surface area contributed by atoms with Gasteiger partial charge < -0.3 is 5.32 Å². The minimum absolute atomic E-state index is 0.0630. The third kappa shape index (κ3) is 3.84. The molecule has 0 aliphatic heterocycles. The molecular formula is C23H27N3O2. The largest absolute Gasteiger partial charge is 0.324 e. The Balaban J connectivity index is 1.96. The minimum atomic E-state index is -0.225. The maximum atomic E-state index is 12.9. The number of carbonyl (C=O) groups is 1. The molecule has 0 aliphatic carbocycles. The van der Waals surface area contributed by atoms with Crippen molar-refractivity contribution in [2.45, 2.75) is 53.0 Å². The molecule has 1 aromatic heterocycles. The molecule has 3 aromatic rings. The molecule has 1 N–H and O–H groups in total. The summed E-state index contributed by atoms with van der Waals surface area (Å²) >= 11 is 0. The lowest BCUT2D eigenvalue weighted by Gasteiger charge is -2.20. The van der Waals surface area contributed by atoms with Crippen LogP contribution in [0.4, 0.5) is 5.69 Å². The Kier molecular flexibility index (Phi) is 5.63. The first-order chi connectivity index (χ1) is 13.3. The lowest BCUT2D eigenvalue weighted by Crippen LogP contribution is -2.30. The number of amides is 1. The molecule has 0 saturated carbocycles. The molecule has 0 fully saturated rings. The molecule has 5 heteroatoms. The van der Waals surface area contributed by atoms with Crippen molar-refractivity contribution in [3.05, 3.63) is 69.8 Å². The van der Waals surface area contributed by atoms with Crippen molar-refractivity contribution in [1.82, 2.24) is 9.55 Å². The van der Waals surface area contributed by atoms with Crippen molar-refractivity contribution in [3.63, 3.8) is 0 Å². The van der Waals surface area contributed by atoms with Gasteiger partial charge in [0.15, 0.2) is 0 Å². The molecule has 0 unspecified atom stereocenters. The average Bonchev–Trinajstić information content (AvgIpc) is 2.65. The summed E-state index contributed by atoms with van der Waals surface area (Å²) in [5.41, 5.74) is 3.51. The van der Waals surface area contributed by atoms with Crippen LogP contribution in [-0.2, 0) is 11.3 Å². The van der Waals surface area contributed by atoms with Crippen molar-refractivity contribution >= 4 is 22.5 Å². The summed E-state index contributed by atoms with van der Waals surface area (Å²) in [4.78, 5) is 30.2. The monoisotopic (exact) mass is 377 g/mol. The standard InChI is InChI=1S/C23H27N3O2/c1-14(2)17-10-8-11-18(15(3)4)22(17)25-21(27)13-26-16(5)24-20-12-7-6-9-19(20)23(26)28/h6-12,14-15H,13H2,1-5H3,(H,25,27). The quantitative estimate of drug-likeness (QED) is 0.707. The van der Waals surface area contributed by atoms with Gasteiger partial charge in [-0.3, -0.25) is 14.2 Å². The number of carbonyl (C=O) groups excluding carboxylic acids is 1. The Hall–Kier alpha value is -2.95. The van der Waals surface area contributed by atoms with Gasteiger partial charge in [0.2, 0.25) is 5.91 Å². The molecule has 0 saturated heterocycles. The van der Waals surface area contributed by atoms with Crippen LogP contribution in [-0.4, -0.2) is 15.5 Å². The zero-order valence-corrected chi connectivity index (χ0v) is 17.1. The Labute approximate surface area is 165 Å².